The van der Waals surface area contributed by atoms with Gasteiger partial charge in [0.25, 0.3) is 0 Å². The lowest BCUT2D eigenvalue weighted by Crippen LogP contribution is -2.18. The highest BCUT2D eigenvalue weighted by Crippen LogP contribution is 2.43. The van der Waals surface area contributed by atoms with E-state index in [1.165, 1.54) is 7.11 Å². The van der Waals surface area contributed by atoms with Gasteiger partial charge in [-0.1, -0.05) is 12.8 Å². The van der Waals surface area contributed by atoms with E-state index in [-0.39, 0.29) is 36.9 Å². The summed E-state index contributed by atoms with van der Waals surface area (Å²) in [6.45, 7) is 0.852. The second kappa shape index (κ2) is 10.3. The first kappa shape index (κ1) is 22.6. The second-order valence-electron chi connectivity index (χ2n) is 7.89. The van der Waals surface area contributed by atoms with Gasteiger partial charge in [-0.2, -0.15) is 9.97 Å². The number of nitrogens with zero attached hydrogens (tertiary/aromatic N) is 4. The van der Waals surface area contributed by atoms with Crippen LogP contribution in [0.5, 0.6) is 5.88 Å². The lowest BCUT2D eigenvalue weighted by Gasteiger charge is -2.20. The lowest BCUT2D eigenvalue weighted by atomic mass is 10.00. The van der Waals surface area contributed by atoms with Crippen molar-refractivity contribution in [3.05, 3.63) is 6.33 Å². The van der Waals surface area contributed by atoms with Crippen LogP contribution in [0.3, 0.4) is 0 Å². The number of imidazole rings is 1. The fraction of sp³-hybridized carbons (Fsp3) is 0.737. The number of nitrogen functional groups attached to an aromatic ring is 1. The van der Waals surface area contributed by atoms with Crippen molar-refractivity contribution in [3.8, 4) is 5.88 Å². The largest absolute Gasteiger partial charge is 0.479 e. The predicted molar refractivity (Wildman–Crippen MR) is 113 cm³/mol. The summed E-state index contributed by atoms with van der Waals surface area (Å²) in [6, 6.07) is 0. The minimum atomic E-state index is -1.91. The van der Waals surface area contributed by atoms with Crippen LogP contribution in [0.2, 0.25) is 0 Å². The van der Waals surface area contributed by atoms with Crippen LogP contribution in [0.1, 0.15) is 44.8 Å². The molecular formula is C19H30N5O6P. The monoisotopic (exact) mass is 455 g/mol. The third-order valence-electron chi connectivity index (χ3n) is 5.78. The molecule has 0 spiro atoms. The van der Waals surface area contributed by atoms with Crippen LogP contribution in [0, 0.1) is 5.92 Å². The molecule has 2 aliphatic rings. The van der Waals surface area contributed by atoms with Gasteiger partial charge in [-0.15, -0.1) is 0 Å². The van der Waals surface area contributed by atoms with Crippen molar-refractivity contribution in [3.63, 3.8) is 0 Å². The Balaban J connectivity index is 1.46. The molecule has 12 heteroatoms. The summed E-state index contributed by atoms with van der Waals surface area (Å²) in [4.78, 5) is 23.0. The molecule has 1 saturated heterocycles. The molecule has 3 N–H and O–H groups in total. The summed E-state index contributed by atoms with van der Waals surface area (Å²) in [6.07, 6.45) is 7.01. The van der Waals surface area contributed by atoms with Crippen molar-refractivity contribution in [2.45, 2.75) is 57.0 Å². The van der Waals surface area contributed by atoms with Gasteiger partial charge in [0, 0.05) is 19.6 Å². The Morgan fingerprint density at radius 2 is 2.10 bits per heavy atom. The van der Waals surface area contributed by atoms with Gasteiger partial charge in [0.1, 0.15) is 6.23 Å². The Kier molecular flexibility index (Phi) is 7.52. The van der Waals surface area contributed by atoms with Crippen molar-refractivity contribution in [1.29, 1.82) is 0 Å². The molecular weight excluding hydrogens is 425 g/mol. The second-order valence-corrected chi connectivity index (χ2v) is 8.83. The summed E-state index contributed by atoms with van der Waals surface area (Å²) in [7, 11) is 1.28. The normalized spacial score (nSPS) is 25.5. The van der Waals surface area contributed by atoms with E-state index in [1.54, 1.807) is 13.4 Å². The van der Waals surface area contributed by atoms with Crippen LogP contribution in [0.15, 0.2) is 6.33 Å². The van der Waals surface area contributed by atoms with E-state index >= 15 is 0 Å². The zero-order valence-electron chi connectivity index (χ0n) is 17.8. The van der Waals surface area contributed by atoms with Crippen LogP contribution in [0.25, 0.3) is 11.2 Å². The quantitative estimate of drug-likeness (QED) is 0.514. The van der Waals surface area contributed by atoms with E-state index in [2.05, 4.69) is 15.0 Å². The van der Waals surface area contributed by atoms with Crippen molar-refractivity contribution in [2.24, 2.45) is 5.92 Å². The average molecular weight is 455 g/mol. The molecule has 2 fully saturated rings. The van der Waals surface area contributed by atoms with E-state index < -0.39 is 8.60 Å². The Labute approximate surface area is 182 Å². The molecule has 4 rings (SSSR count). The van der Waals surface area contributed by atoms with Crippen LogP contribution >= 0.6 is 8.60 Å². The fourth-order valence-corrected chi connectivity index (χ4v) is 5.10. The number of hydrogen-bond acceptors (Lipinski definition) is 10. The number of aromatic nitrogens is 4. The van der Waals surface area contributed by atoms with Crippen LogP contribution in [-0.4, -0.2) is 64.1 Å². The minimum Gasteiger partial charge on any atom is -0.479 e. The molecule has 3 heterocycles. The maximum atomic E-state index is 10.1. The molecule has 11 nitrogen and oxygen atoms in total. The zero-order valence-corrected chi connectivity index (χ0v) is 18.7. The standard InChI is InChI=1S/C19H30N5O6P/c1-26-8-7-12-9-14(10-28-31(25)30-13-5-3-4-6-13)29-18(12)24-11-21-15-16(24)22-19(20)23-17(15)27-2/h11-14,18,25H,3-10H2,1-2H3,(H2,20,22,23). The lowest BCUT2D eigenvalue weighted by molar-refractivity contribution is -0.0327. The molecule has 4 atom stereocenters. The molecule has 1 saturated carbocycles. The van der Waals surface area contributed by atoms with Gasteiger partial charge in [0.2, 0.25) is 11.8 Å². The van der Waals surface area contributed by atoms with E-state index in [0.717, 1.165) is 38.5 Å². The van der Waals surface area contributed by atoms with Crippen molar-refractivity contribution >= 4 is 25.7 Å². The SMILES string of the molecule is COCCC1CC(COP(O)OC2CCCC2)OC1n1cnc2c(OC)nc(N)nc21. The van der Waals surface area contributed by atoms with Crippen LogP contribution in [-0.2, 0) is 18.5 Å². The first-order valence-corrected chi connectivity index (χ1v) is 11.7. The number of nitrogens with two attached hydrogens (primary N) is 1. The number of rotatable bonds is 10. The Bertz CT molecular complexity index is 864. The average Bonchev–Trinajstić information content (AvgIpc) is 3.49. The topological polar surface area (TPSA) is 136 Å². The van der Waals surface area contributed by atoms with Gasteiger partial charge in [-0.25, -0.2) is 4.98 Å². The molecule has 1 aliphatic heterocycles. The van der Waals surface area contributed by atoms with Gasteiger partial charge in [0.05, 0.1) is 32.3 Å². The molecule has 31 heavy (non-hydrogen) atoms. The van der Waals surface area contributed by atoms with Crippen molar-refractivity contribution < 1.29 is 28.2 Å². The smallest absolute Gasteiger partial charge is 0.330 e. The van der Waals surface area contributed by atoms with E-state index in [9.17, 15) is 4.89 Å². The number of anilines is 1. The van der Waals surface area contributed by atoms with E-state index in [1.807, 2.05) is 4.57 Å². The summed E-state index contributed by atoms with van der Waals surface area (Å²) < 4.78 is 30.0. The van der Waals surface area contributed by atoms with E-state index in [0.29, 0.717) is 23.7 Å². The molecule has 1 aliphatic carbocycles. The maximum absolute atomic E-state index is 10.1. The van der Waals surface area contributed by atoms with Crippen LogP contribution in [0.4, 0.5) is 5.95 Å². The van der Waals surface area contributed by atoms with Gasteiger partial charge in [-0.3, -0.25) is 4.57 Å². The summed E-state index contributed by atoms with van der Waals surface area (Å²) in [5.41, 5.74) is 6.92. The molecule has 172 valence electrons. The highest BCUT2D eigenvalue weighted by atomic mass is 31.2. The van der Waals surface area contributed by atoms with Crippen molar-refractivity contribution in [2.75, 3.05) is 33.2 Å². The number of ether oxygens (including phenoxy) is 3. The van der Waals surface area contributed by atoms with Gasteiger partial charge in [-0.05, 0) is 25.7 Å². The molecule has 0 radical (unpaired) electrons. The fourth-order valence-electron chi connectivity index (χ4n) is 4.28. The minimum absolute atomic E-state index is 0.0974. The van der Waals surface area contributed by atoms with Gasteiger partial charge >= 0.3 is 8.60 Å². The highest BCUT2D eigenvalue weighted by Gasteiger charge is 2.38. The summed E-state index contributed by atoms with van der Waals surface area (Å²) in [5.74, 6) is 0.573. The van der Waals surface area contributed by atoms with E-state index in [4.69, 9.17) is 29.0 Å². The van der Waals surface area contributed by atoms with Crippen LogP contribution < -0.4 is 10.5 Å². The highest BCUT2D eigenvalue weighted by molar-refractivity contribution is 7.40. The molecule has 0 bridgehead atoms. The Hall–Kier alpha value is -1.62. The predicted octanol–water partition coefficient (Wildman–Crippen LogP) is 2.55. The summed E-state index contributed by atoms with van der Waals surface area (Å²) in [5, 5.41) is 0. The molecule has 2 aromatic heterocycles. The third-order valence-corrected chi connectivity index (χ3v) is 6.63. The third kappa shape index (κ3) is 5.24. The number of hydrogen-bond donors (Lipinski definition) is 2. The first-order valence-electron chi connectivity index (χ1n) is 10.6. The zero-order chi connectivity index (χ0) is 21.8. The maximum Gasteiger partial charge on any atom is 0.330 e. The molecule has 0 aromatic carbocycles. The van der Waals surface area contributed by atoms with Gasteiger partial charge < -0.3 is 33.9 Å². The molecule has 4 unspecified atom stereocenters. The Morgan fingerprint density at radius 3 is 2.84 bits per heavy atom. The summed E-state index contributed by atoms with van der Waals surface area (Å²) >= 11 is 0. The number of fused-ring (bicyclic) bond motifs is 1. The Morgan fingerprint density at radius 1 is 1.29 bits per heavy atom. The molecule has 0 amide bonds. The van der Waals surface area contributed by atoms with Crippen molar-refractivity contribution in [1.82, 2.24) is 19.5 Å². The number of methoxy groups -OCH3 is 2. The molecule has 2 aromatic rings. The van der Waals surface area contributed by atoms with Gasteiger partial charge in [0.15, 0.2) is 11.2 Å². The first-order chi connectivity index (χ1) is 15.1.